The van der Waals surface area contributed by atoms with Gasteiger partial charge in [-0.3, -0.25) is 4.79 Å². The summed E-state index contributed by atoms with van der Waals surface area (Å²) in [6.07, 6.45) is 2.01. The van der Waals surface area contributed by atoms with E-state index in [4.69, 9.17) is 4.74 Å². The highest BCUT2D eigenvalue weighted by atomic mass is 32.2. The molecule has 1 unspecified atom stereocenters. The number of carbonyl (C=O) groups excluding carboxylic acids is 2. The van der Waals surface area contributed by atoms with E-state index in [0.717, 1.165) is 11.1 Å². The maximum atomic E-state index is 12.6. The van der Waals surface area contributed by atoms with Crippen molar-refractivity contribution >= 4 is 21.9 Å². The smallest absolute Gasteiger partial charge is 0.338 e. The number of rotatable bonds is 11. The van der Waals surface area contributed by atoms with Crippen LogP contribution < -0.4 is 10.0 Å². The number of amides is 1. The molecule has 0 aliphatic rings. The third-order valence-electron chi connectivity index (χ3n) is 4.97. The van der Waals surface area contributed by atoms with Crippen molar-refractivity contribution in [3.8, 4) is 0 Å². The molecule has 34 heavy (non-hydrogen) atoms. The molecular formula is C26H26N2O5S. The van der Waals surface area contributed by atoms with Gasteiger partial charge in [-0.15, -0.1) is 6.58 Å². The van der Waals surface area contributed by atoms with Crippen LogP contribution in [0.3, 0.4) is 0 Å². The molecule has 0 saturated heterocycles. The normalized spacial score (nSPS) is 11.9. The number of hydrogen-bond donors (Lipinski definition) is 2. The molecule has 0 aliphatic heterocycles. The van der Waals surface area contributed by atoms with E-state index in [1.807, 2.05) is 60.7 Å². The van der Waals surface area contributed by atoms with Crippen LogP contribution in [0.1, 0.15) is 27.5 Å². The lowest BCUT2D eigenvalue weighted by Crippen LogP contribution is -2.33. The van der Waals surface area contributed by atoms with Gasteiger partial charge in [0.1, 0.15) is 0 Å². The van der Waals surface area contributed by atoms with Gasteiger partial charge in [-0.1, -0.05) is 66.7 Å². The maximum absolute atomic E-state index is 12.6. The Morgan fingerprint density at radius 2 is 1.53 bits per heavy atom. The van der Waals surface area contributed by atoms with Crippen molar-refractivity contribution in [3.63, 3.8) is 0 Å². The van der Waals surface area contributed by atoms with Gasteiger partial charge < -0.3 is 10.1 Å². The highest BCUT2D eigenvalue weighted by molar-refractivity contribution is 7.89. The molecule has 0 fully saturated rings. The summed E-state index contributed by atoms with van der Waals surface area (Å²) in [6, 6.07) is 24.3. The standard InChI is InChI=1S/C26H26N2O5S/c1-2-17-27-34(31,32)23-15-13-22(14-16-23)26(30)33-19-25(29)28-24(21-11-7-4-8-12-21)18-20-9-5-3-6-10-20/h2-16,24,27H,1,17-19H2,(H,28,29). The summed E-state index contributed by atoms with van der Waals surface area (Å²) in [6.45, 7) is 3.10. The zero-order valence-corrected chi connectivity index (χ0v) is 19.3. The number of esters is 1. The Balaban J connectivity index is 1.60. The van der Waals surface area contributed by atoms with E-state index < -0.39 is 28.5 Å². The molecule has 176 valence electrons. The number of ether oxygens (including phenoxy) is 1. The van der Waals surface area contributed by atoms with Gasteiger partial charge in [0.05, 0.1) is 16.5 Å². The average molecular weight is 479 g/mol. The first-order chi connectivity index (χ1) is 16.4. The van der Waals surface area contributed by atoms with E-state index in [2.05, 4.69) is 16.6 Å². The molecule has 0 saturated carbocycles. The van der Waals surface area contributed by atoms with Crippen molar-refractivity contribution in [2.75, 3.05) is 13.2 Å². The second kappa shape index (κ2) is 11.9. The number of benzene rings is 3. The Hall–Kier alpha value is -3.75. The minimum atomic E-state index is -3.69. The topological polar surface area (TPSA) is 102 Å². The zero-order chi connectivity index (χ0) is 24.4. The second-order valence-electron chi connectivity index (χ2n) is 7.46. The van der Waals surface area contributed by atoms with E-state index >= 15 is 0 Å². The molecule has 1 atom stereocenters. The molecule has 3 aromatic carbocycles. The van der Waals surface area contributed by atoms with Crippen molar-refractivity contribution in [1.82, 2.24) is 10.0 Å². The number of sulfonamides is 1. The number of carbonyl (C=O) groups is 2. The van der Waals surface area contributed by atoms with E-state index in [0.29, 0.717) is 6.42 Å². The Bertz CT molecular complexity index is 1210. The molecule has 0 aromatic heterocycles. The first-order valence-corrected chi connectivity index (χ1v) is 12.1. The molecule has 7 nitrogen and oxygen atoms in total. The summed E-state index contributed by atoms with van der Waals surface area (Å²) in [7, 11) is -3.69. The molecule has 0 aliphatic carbocycles. The van der Waals surface area contributed by atoms with E-state index in [9.17, 15) is 18.0 Å². The first kappa shape index (κ1) is 24.9. The molecule has 0 heterocycles. The van der Waals surface area contributed by atoms with Gasteiger partial charge in [-0.05, 0) is 41.8 Å². The minimum absolute atomic E-state index is 0.00950. The molecule has 8 heteroatoms. The van der Waals surface area contributed by atoms with Crippen molar-refractivity contribution in [2.45, 2.75) is 17.4 Å². The third kappa shape index (κ3) is 7.13. The van der Waals surface area contributed by atoms with E-state index in [1.54, 1.807) is 0 Å². The molecular weight excluding hydrogens is 452 g/mol. The first-order valence-electron chi connectivity index (χ1n) is 10.6. The molecule has 3 rings (SSSR count). The van der Waals surface area contributed by atoms with Crippen LogP contribution in [0, 0.1) is 0 Å². The van der Waals surface area contributed by atoms with Crippen LogP contribution >= 0.6 is 0 Å². The van der Waals surface area contributed by atoms with Crippen LogP contribution in [-0.4, -0.2) is 33.4 Å². The van der Waals surface area contributed by atoms with E-state index in [1.165, 1.54) is 30.3 Å². The maximum Gasteiger partial charge on any atom is 0.338 e. The molecule has 1 amide bonds. The van der Waals surface area contributed by atoms with Crippen LogP contribution in [0.4, 0.5) is 0 Å². The third-order valence-corrected chi connectivity index (χ3v) is 6.41. The number of nitrogens with one attached hydrogen (secondary N) is 2. The lowest BCUT2D eigenvalue weighted by molar-refractivity contribution is -0.125. The largest absolute Gasteiger partial charge is 0.452 e. The van der Waals surface area contributed by atoms with Gasteiger partial charge in [0, 0.05) is 6.54 Å². The Morgan fingerprint density at radius 1 is 0.912 bits per heavy atom. The summed E-state index contributed by atoms with van der Waals surface area (Å²) in [5.74, 6) is -1.16. The fourth-order valence-electron chi connectivity index (χ4n) is 3.26. The van der Waals surface area contributed by atoms with Gasteiger partial charge in [-0.2, -0.15) is 0 Å². The summed E-state index contributed by atoms with van der Waals surface area (Å²) in [5, 5.41) is 2.93. The molecule has 2 N–H and O–H groups in total. The summed E-state index contributed by atoms with van der Waals surface area (Å²) in [4.78, 5) is 24.9. The molecule has 0 spiro atoms. The van der Waals surface area contributed by atoms with Gasteiger partial charge in [-0.25, -0.2) is 17.9 Å². The highest BCUT2D eigenvalue weighted by Gasteiger charge is 2.18. The lowest BCUT2D eigenvalue weighted by atomic mass is 9.99. The minimum Gasteiger partial charge on any atom is -0.452 e. The molecule has 3 aromatic rings. The predicted octanol–water partition coefficient (Wildman–Crippen LogP) is 3.41. The Kier molecular flexibility index (Phi) is 8.73. The molecule has 0 radical (unpaired) electrons. The quantitative estimate of drug-likeness (QED) is 0.325. The fraction of sp³-hybridized carbons (Fsp3) is 0.154. The van der Waals surface area contributed by atoms with Crippen LogP contribution in [0.5, 0.6) is 0 Å². The van der Waals surface area contributed by atoms with Gasteiger partial charge in [0.25, 0.3) is 5.91 Å². The van der Waals surface area contributed by atoms with Gasteiger partial charge in [0.2, 0.25) is 10.0 Å². The lowest BCUT2D eigenvalue weighted by Gasteiger charge is -2.19. The van der Waals surface area contributed by atoms with Gasteiger partial charge >= 0.3 is 5.97 Å². The van der Waals surface area contributed by atoms with Crippen molar-refractivity contribution in [3.05, 3.63) is 114 Å². The summed E-state index contributed by atoms with van der Waals surface area (Å²) >= 11 is 0. The van der Waals surface area contributed by atoms with Crippen LogP contribution in [-0.2, 0) is 26.0 Å². The molecule has 0 bridgehead atoms. The summed E-state index contributed by atoms with van der Waals surface area (Å²) in [5.41, 5.74) is 2.14. The van der Waals surface area contributed by atoms with Crippen LogP contribution in [0.2, 0.25) is 0 Å². The van der Waals surface area contributed by atoms with Crippen molar-refractivity contribution in [2.24, 2.45) is 0 Å². The van der Waals surface area contributed by atoms with Gasteiger partial charge in [0.15, 0.2) is 6.61 Å². The zero-order valence-electron chi connectivity index (χ0n) is 18.5. The fourth-order valence-corrected chi connectivity index (χ4v) is 4.26. The SMILES string of the molecule is C=CCNS(=O)(=O)c1ccc(C(=O)OCC(=O)NC(Cc2ccccc2)c2ccccc2)cc1. The van der Waals surface area contributed by atoms with Crippen LogP contribution in [0.25, 0.3) is 0 Å². The highest BCUT2D eigenvalue weighted by Crippen LogP contribution is 2.18. The Morgan fingerprint density at radius 3 is 2.15 bits per heavy atom. The summed E-state index contributed by atoms with van der Waals surface area (Å²) < 4.78 is 31.7. The van der Waals surface area contributed by atoms with Crippen molar-refractivity contribution < 1.29 is 22.7 Å². The van der Waals surface area contributed by atoms with Crippen molar-refractivity contribution in [1.29, 1.82) is 0 Å². The Labute approximate surface area is 199 Å². The number of hydrogen-bond acceptors (Lipinski definition) is 5. The second-order valence-corrected chi connectivity index (χ2v) is 9.23. The average Bonchev–Trinajstić information content (AvgIpc) is 2.87. The predicted molar refractivity (Wildman–Crippen MR) is 130 cm³/mol. The van der Waals surface area contributed by atoms with E-state index in [-0.39, 0.29) is 23.0 Å². The monoisotopic (exact) mass is 478 g/mol. The van der Waals surface area contributed by atoms with Crippen LogP contribution in [0.15, 0.2) is 102 Å².